The molecule has 15 aromatic carbocycles. The van der Waals surface area contributed by atoms with Gasteiger partial charge in [0.05, 0.1) is 44.1 Å². The zero-order valence-corrected chi connectivity index (χ0v) is 55.2. The largest absolute Gasteiger partial charge is 0.456 e. The van der Waals surface area contributed by atoms with Crippen molar-refractivity contribution in [3.05, 3.63) is 332 Å². The SMILES string of the molecule is Cc1cc(C)c(B(c2cccc(-c3ccc4c(c3)oc3ccc(-n5c6ccccc6c6ccc7c8ccccc8n(-c8ccccc8)c7c65)cc34)c2)c2cccc(-c3ccc4oc5ccc(-n6c7ccccc7c7ccc8c9ccccc9n(-c9ccccc9)c8c76)cc5c4c3)c2)c(C)c1. The predicted molar refractivity (Wildman–Crippen MR) is 421 cm³/mol. The fourth-order valence-electron chi connectivity index (χ4n) is 17.4. The summed E-state index contributed by atoms with van der Waals surface area (Å²) >= 11 is 0. The second kappa shape index (κ2) is 21.6. The number of aryl methyl sites for hydroxylation is 3. The van der Waals surface area contributed by atoms with Crippen LogP contribution in [0.4, 0.5) is 0 Å². The van der Waals surface area contributed by atoms with Crippen molar-refractivity contribution in [3.8, 4) is 45.0 Å². The van der Waals surface area contributed by atoms with E-state index in [0.29, 0.717) is 0 Å². The Hall–Kier alpha value is -12.8. The molecule has 0 N–H and O–H groups in total. The van der Waals surface area contributed by atoms with E-state index in [1.807, 2.05) is 0 Å². The highest BCUT2D eigenvalue weighted by Crippen LogP contribution is 2.46. The van der Waals surface area contributed by atoms with E-state index in [2.05, 4.69) is 354 Å². The molecular weight excluding hydrogens is 1220 g/mol. The number of furan rings is 2. The molecule has 0 saturated carbocycles. The summed E-state index contributed by atoms with van der Waals surface area (Å²) in [6, 6.07) is 116. The smallest absolute Gasteiger partial charge is 0.241 e. The first-order chi connectivity index (χ1) is 49.3. The van der Waals surface area contributed by atoms with E-state index in [1.165, 1.54) is 109 Å². The molecule has 6 heterocycles. The first-order valence-electron chi connectivity index (χ1n) is 34.6. The van der Waals surface area contributed by atoms with E-state index in [1.54, 1.807) is 0 Å². The maximum atomic E-state index is 6.88. The van der Waals surface area contributed by atoms with Crippen LogP contribution in [0.2, 0.25) is 0 Å². The van der Waals surface area contributed by atoms with Crippen molar-refractivity contribution in [3.63, 3.8) is 0 Å². The van der Waals surface area contributed by atoms with Gasteiger partial charge in [0.25, 0.3) is 0 Å². The van der Waals surface area contributed by atoms with E-state index in [9.17, 15) is 0 Å². The van der Waals surface area contributed by atoms with Crippen molar-refractivity contribution in [1.29, 1.82) is 0 Å². The van der Waals surface area contributed by atoms with E-state index in [4.69, 9.17) is 8.83 Å². The second-order valence-electron chi connectivity index (χ2n) is 27.3. The maximum absolute atomic E-state index is 6.88. The molecule has 0 amide bonds. The van der Waals surface area contributed by atoms with Crippen LogP contribution < -0.4 is 16.4 Å². The van der Waals surface area contributed by atoms with Gasteiger partial charge in [-0.3, -0.25) is 0 Å². The lowest BCUT2D eigenvalue weighted by atomic mass is 9.35. The van der Waals surface area contributed by atoms with Crippen molar-refractivity contribution >= 4 is 154 Å². The number of benzene rings is 15. The van der Waals surface area contributed by atoms with Gasteiger partial charge in [0.15, 0.2) is 0 Å². The average Bonchev–Trinajstić information content (AvgIpc) is 1.55. The number of rotatable bonds is 9. The minimum absolute atomic E-state index is 0.0656. The minimum atomic E-state index is -0.0656. The Labute approximate surface area is 575 Å². The topological polar surface area (TPSA) is 46.0 Å². The summed E-state index contributed by atoms with van der Waals surface area (Å²) in [5.74, 6) is 0. The molecule has 6 nitrogen and oxygen atoms in total. The Balaban J connectivity index is 0.669. The van der Waals surface area contributed by atoms with Crippen LogP contribution in [0.1, 0.15) is 16.7 Å². The molecule has 6 aromatic heterocycles. The third-order valence-corrected chi connectivity index (χ3v) is 21.5. The normalized spacial score (nSPS) is 12.2. The third-order valence-electron chi connectivity index (χ3n) is 21.5. The average molecular weight is 1280 g/mol. The summed E-state index contributed by atoms with van der Waals surface area (Å²) in [4.78, 5) is 0. The lowest BCUT2D eigenvalue weighted by Gasteiger charge is -2.22. The van der Waals surface area contributed by atoms with Gasteiger partial charge in [-0.15, -0.1) is 0 Å². The molecule has 0 spiro atoms. The first-order valence-corrected chi connectivity index (χ1v) is 34.6. The van der Waals surface area contributed by atoms with E-state index in [-0.39, 0.29) is 6.71 Å². The molecule has 0 radical (unpaired) electrons. The van der Waals surface area contributed by atoms with Gasteiger partial charge in [-0.25, -0.2) is 0 Å². The molecule has 21 aromatic rings. The molecule has 21 rings (SSSR count). The Kier molecular flexibility index (Phi) is 12.2. The lowest BCUT2D eigenvalue weighted by Crippen LogP contribution is -2.54. The molecule has 0 aliphatic heterocycles. The highest BCUT2D eigenvalue weighted by molar-refractivity contribution is 6.96. The summed E-state index contributed by atoms with van der Waals surface area (Å²) < 4.78 is 23.5. The van der Waals surface area contributed by atoms with Gasteiger partial charge in [-0.05, 0) is 152 Å². The van der Waals surface area contributed by atoms with Crippen LogP contribution in [-0.2, 0) is 0 Å². The van der Waals surface area contributed by atoms with Crippen LogP contribution in [-0.4, -0.2) is 25.0 Å². The summed E-state index contributed by atoms with van der Waals surface area (Å²) in [5, 5.41) is 14.1. The lowest BCUT2D eigenvalue weighted by molar-refractivity contribution is 0.668. The number of fused-ring (bicyclic) bond motifs is 20. The summed E-state index contributed by atoms with van der Waals surface area (Å²) in [7, 11) is 0. The Bertz CT molecular complexity index is 6990. The number of nitrogens with zero attached hydrogens (tertiary/aromatic N) is 4. The summed E-state index contributed by atoms with van der Waals surface area (Å²) in [6.07, 6.45) is 0. The van der Waals surface area contributed by atoms with E-state index in [0.717, 1.165) is 99.9 Å². The number of aromatic nitrogens is 4. The molecule has 468 valence electrons. The monoisotopic (exact) mass is 1280 g/mol. The summed E-state index contributed by atoms with van der Waals surface area (Å²) in [6.45, 7) is 6.69. The molecule has 0 aliphatic rings. The highest BCUT2D eigenvalue weighted by Gasteiger charge is 2.29. The standard InChI is InChI=1S/C93H61BN4O2/c1-56-48-57(2)89(58(3)49-56)94(63-22-18-20-59(50-63)61-37-45-85-78(52-61)80-55-68(39-47-87(80)99-85)98-84-35-17-13-31-72(84)77-44-42-75-70-29-11-15-33-82(70)96(91(75)93(77)98)66-26-8-5-9-27-66)64-23-19-21-60(51-64)62-36-40-73-79-54-67(38-46-86(79)100-88(73)53-62)97-83-34-16-12-30-71(83)76-43-41-74-69-28-10-14-32-81(69)95(90(74)92(76)97)65-24-6-4-7-25-65/h4-55H,1-3H3. The number of hydrogen-bond donors (Lipinski definition) is 0. The van der Waals surface area contributed by atoms with Crippen LogP contribution in [0.3, 0.4) is 0 Å². The molecule has 0 bridgehead atoms. The Morgan fingerprint density at radius 1 is 0.230 bits per heavy atom. The minimum Gasteiger partial charge on any atom is -0.456 e. The fourth-order valence-corrected chi connectivity index (χ4v) is 17.4. The van der Waals surface area contributed by atoms with Crippen LogP contribution in [0, 0.1) is 20.8 Å². The predicted octanol–water partition coefficient (Wildman–Crippen LogP) is 22.6. The molecular formula is C93H61BN4O2. The molecule has 0 saturated heterocycles. The van der Waals surface area contributed by atoms with Crippen molar-refractivity contribution in [2.24, 2.45) is 0 Å². The van der Waals surface area contributed by atoms with Crippen LogP contribution in [0.15, 0.2) is 324 Å². The number of hydrogen-bond acceptors (Lipinski definition) is 2. The number of para-hydroxylation sites is 6. The quantitative estimate of drug-likeness (QED) is 0.135. The molecule has 0 unspecified atom stereocenters. The molecule has 7 heteroatoms. The molecule has 0 atom stereocenters. The van der Waals surface area contributed by atoms with Gasteiger partial charge in [-0.1, -0.05) is 239 Å². The van der Waals surface area contributed by atoms with Crippen molar-refractivity contribution in [1.82, 2.24) is 18.3 Å². The first kappa shape index (κ1) is 56.4. The third kappa shape index (κ3) is 8.33. The molecule has 100 heavy (non-hydrogen) atoms. The van der Waals surface area contributed by atoms with Gasteiger partial charge < -0.3 is 27.1 Å². The maximum Gasteiger partial charge on any atom is 0.241 e. The van der Waals surface area contributed by atoms with Crippen molar-refractivity contribution < 1.29 is 8.83 Å². The summed E-state index contributed by atoms with van der Waals surface area (Å²) in [5.41, 5.74) is 29.3. The zero-order valence-electron chi connectivity index (χ0n) is 55.2. The van der Waals surface area contributed by atoms with Crippen LogP contribution in [0.25, 0.3) is 176 Å². The molecule has 0 fully saturated rings. The molecule has 0 aliphatic carbocycles. The van der Waals surface area contributed by atoms with Crippen LogP contribution >= 0.6 is 0 Å². The van der Waals surface area contributed by atoms with Gasteiger partial charge in [0.1, 0.15) is 22.3 Å². The van der Waals surface area contributed by atoms with E-state index < -0.39 is 0 Å². The Morgan fingerprint density at radius 2 is 0.580 bits per heavy atom. The zero-order chi connectivity index (χ0) is 66.0. The van der Waals surface area contributed by atoms with Gasteiger partial charge in [0.2, 0.25) is 6.71 Å². The second-order valence-corrected chi connectivity index (χ2v) is 27.3. The van der Waals surface area contributed by atoms with Gasteiger partial charge in [0, 0.05) is 87.4 Å². The van der Waals surface area contributed by atoms with Crippen LogP contribution in [0.5, 0.6) is 0 Å². The van der Waals surface area contributed by atoms with Gasteiger partial charge >= 0.3 is 0 Å². The highest BCUT2D eigenvalue weighted by atomic mass is 16.3. The van der Waals surface area contributed by atoms with Crippen molar-refractivity contribution in [2.45, 2.75) is 20.8 Å². The fraction of sp³-hybridized carbons (Fsp3) is 0.0323. The van der Waals surface area contributed by atoms with Gasteiger partial charge in [-0.2, -0.15) is 0 Å². The Morgan fingerprint density at radius 3 is 1.04 bits per heavy atom. The van der Waals surface area contributed by atoms with Crippen molar-refractivity contribution in [2.75, 3.05) is 0 Å². The van der Waals surface area contributed by atoms with E-state index >= 15 is 0 Å².